The molecule has 4 aromatic rings. The molecule has 134 valence electrons. The number of fused-ring (bicyclic) bond motifs is 1. The first kappa shape index (κ1) is 17.2. The number of carboxylic acids is 1. The molecule has 6 heteroatoms. The van der Waals surface area contributed by atoms with Crippen LogP contribution in [0.25, 0.3) is 33.5 Å². The molecule has 0 bridgehead atoms. The number of aromatic nitrogens is 3. The van der Waals surface area contributed by atoms with Crippen LogP contribution in [0.2, 0.25) is 5.02 Å². The summed E-state index contributed by atoms with van der Waals surface area (Å²) in [4.78, 5) is 16.5. The van der Waals surface area contributed by atoms with Crippen LogP contribution in [0, 0.1) is 0 Å². The first-order chi connectivity index (χ1) is 13.1. The lowest BCUT2D eigenvalue weighted by atomic mass is 10.0. The highest BCUT2D eigenvalue weighted by molar-refractivity contribution is 6.30. The summed E-state index contributed by atoms with van der Waals surface area (Å²) in [6, 6.07) is 16.7. The maximum atomic E-state index is 11.9. The molecule has 4 rings (SSSR count). The molecule has 27 heavy (non-hydrogen) atoms. The number of halogens is 1. The van der Waals surface area contributed by atoms with Gasteiger partial charge in [-0.2, -0.15) is 5.10 Å². The number of pyridine rings is 1. The normalized spacial score (nSPS) is 11.0. The highest BCUT2D eigenvalue weighted by Gasteiger charge is 2.19. The predicted molar refractivity (Wildman–Crippen MR) is 106 cm³/mol. The number of rotatable bonds is 4. The zero-order chi connectivity index (χ0) is 19.0. The van der Waals surface area contributed by atoms with Crippen LogP contribution in [-0.2, 0) is 6.42 Å². The van der Waals surface area contributed by atoms with Gasteiger partial charge in [-0.05, 0) is 30.2 Å². The highest BCUT2D eigenvalue weighted by Crippen LogP contribution is 2.32. The molecule has 0 aliphatic carbocycles. The molecule has 0 saturated carbocycles. The Morgan fingerprint density at radius 1 is 1.07 bits per heavy atom. The minimum absolute atomic E-state index is 0.160. The average Bonchev–Trinajstić information content (AvgIpc) is 3.11. The fourth-order valence-corrected chi connectivity index (χ4v) is 3.20. The number of aromatic amines is 1. The standard InChI is InChI=1S/C21H16ClN3O2/c1-2-12-3-5-14(6-4-12)19-18-16(21(26)27)11-17(23-20(18)25-24-19)13-7-9-15(22)10-8-13/h3-11H,2H2,1H3,(H,26,27)(H,23,24,25). The molecule has 0 unspecified atom stereocenters. The van der Waals surface area contributed by atoms with Gasteiger partial charge in [0.25, 0.3) is 0 Å². The monoisotopic (exact) mass is 377 g/mol. The van der Waals surface area contributed by atoms with E-state index >= 15 is 0 Å². The van der Waals surface area contributed by atoms with Crippen LogP contribution in [-0.4, -0.2) is 26.3 Å². The Morgan fingerprint density at radius 2 is 1.74 bits per heavy atom. The Balaban J connectivity index is 1.91. The second-order valence-electron chi connectivity index (χ2n) is 6.21. The Bertz CT molecular complexity index is 1130. The smallest absolute Gasteiger partial charge is 0.336 e. The predicted octanol–water partition coefficient (Wildman–Crippen LogP) is 5.21. The van der Waals surface area contributed by atoms with Crippen LogP contribution in [0.5, 0.6) is 0 Å². The Morgan fingerprint density at radius 3 is 2.37 bits per heavy atom. The lowest BCUT2D eigenvalue weighted by Gasteiger charge is -2.06. The zero-order valence-corrected chi connectivity index (χ0v) is 15.3. The lowest BCUT2D eigenvalue weighted by molar-refractivity contribution is 0.0699. The van der Waals surface area contributed by atoms with Crippen LogP contribution in [0.4, 0.5) is 0 Å². The van der Waals surface area contributed by atoms with Gasteiger partial charge < -0.3 is 5.11 Å². The molecule has 0 aliphatic rings. The molecule has 0 atom stereocenters. The number of nitrogens with one attached hydrogen (secondary N) is 1. The third-order valence-electron chi connectivity index (χ3n) is 4.55. The van der Waals surface area contributed by atoms with Gasteiger partial charge in [0.15, 0.2) is 5.65 Å². The van der Waals surface area contributed by atoms with Crippen LogP contribution in [0.3, 0.4) is 0 Å². The molecule has 0 aliphatic heterocycles. The van der Waals surface area contributed by atoms with E-state index in [9.17, 15) is 9.90 Å². The Hall–Kier alpha value is -3.18. The zero-order valence-electron chi connectivity index (χ0n) is 14.5. The third kappa shape index (κ3) is 3.17. The molecule has 2 aromatic heterocycles. The molecule has 2 N–H and O–H groups in total. The largest absolute Gasteiger partial charge is 0.478 e. The van der Waals surface area contributed by atoms with E-state index in [0.717, 1.165) is 17.5 Å². The summed E-state index contributed by atoms with van der Waals surface area (Å²) in [5.74, 6) is -1.02. The van der Waals surface area contributed by atoms with Crippen molar-refractivity contribution < 1.29 is 9.90 Å². The molecule has 0 saturated heterocycles. The van der Waals surface area contributed by atoms with E-state index in [1.165, 1.54) is 5.56 Å². The SMILES string of the molecule is CCc1ccc(-c2[nH]nc3nc(-c4ccc(Cl)cc4)cc(C(=O)O)c23)cc1. The number of aryl methyl sites for hydroxylation is 1. The number of carbonyl (C=O) groups is 1. The highest BCUT2D eigenvalue weighted by atomic mass is 35.5. The third-order valence-corrected chi connectivity index (χ3v) is 4.80. The lowest BCUT2D eigenvalue weighted by Crippen LogP contribution is -2.00. The molecular formula is C21H16ClN3O2. The van der Waals surface area contributed by atoms with Gasteiger partial charge in [-0.15, -0.1) is 0 Å². The molecule has 2 aromatic carbocycles. The second-order valence-corrected chi connectivity index (χ2v) is 6.65. The van der Waals surface area contributed by atoms with Gasteiger partial charge in [0.2, 0.25) is 0 Å². The first-order valence-corrected chi connectivity index (χ1v) is 8.92. The van der Waals surface area contributed by atoms with Crippen molar-refractivity contribution in [3.05, 3.63) is 70.7 Å². The topological polar surface area (TPSA) is 78.9 Å². The maximum absolute atomic E-state index is 11.9. The van der Waals surface area contributed by atoms with Crippen molar-refractivity contribution in [2.75, 3.05) is 0 Å². The van der Waals surface area contributed by atoms with Crippen LogP contribution in [0.15, 0.2) is 54.6 Å². The van der Waals surface area contributed by atoms with Gasteiger partial charge >= 0.3 is 5.97 Å². The van der Waals surface area contributed by atoms with Crippen molar-refractivity contribution >= 4 is 28.6 Å². The van der Waals surface area contributed by atoms with E-state index in [-0.39, 0.29) is 5.56 Å². The number of nitrogens with zero attached hydrogens (tertiary/aromatic N) is 2. The molecule has 5 nitrogen and oxygen atoms in total. The van der Waals surface area contributed by atoms with Crippen molar-refractivity contribution in [3.8, 4) is 22.5 Å². The fraction of sp³-hybridized carbons (Fsp3) is 0.0952. The molecular weight excluding hydrogens is 362 g/mol. The number of carboxylic acid groups (broad SMARTS) is 1. The van der Waals surface area contributed by atoms with Crippen LogP contribution < -0.4 is 0 Å². The van der Waals surface area contributed by atoms with E-state index in [1.807, 2.05) is 24.3 Å². The summed E-state index contributed by atoms with van der Waals surface area (Å²) < 4.78 is 0. The maximum Gasteiger partial charge on any atom is 0.336 e. The van der Waals surface area contributed by atoms with E-state index in [4.69, 9.17) is 11.6 Å². The molecule has 2 heterocycles. The quantitative estimate of drug-likeness (QED) is 0.512. The molecule has 0 radical (unpaired) electrons. The molecule has 0 amide bonds. The molecule has 0 spiro atoms. The number of benzene rings is 2. The van der Waals surface area contributed by atoms with Crippen molar-refractivity contribution in [2.45, 2.75) is 13.3 Å². The van der Waals surface area contributed by atoms with E-state index in [2.05, 4.69) is 22.1 Å². The summed E-state index contributed by atoms with van der Waals surface area (Å²) in [5, 5.41) is 18.1. The van der Waals surface area contributed by atoms with Gasteiger partial charge in [0.05, 0.1) is 22.3 Å². The summed E-state index contributed by atoms with van der Waals surface area (Å²) in [7, 11) is 0. The Labute approximate surface area is 160 Å². The van der Waals surface area contributed by atoms with Crippen LogP contribution in [0.1, 0.15) is 22.8 Å². The summed E-state index contributed by atoms with van der Waals surface area (Å²) in [6.07, 6.45) is 0.941. The van der Waals surface area contributed by atoms with Gasteiger partial charge in [0.1, 0.15) is 0 Å². The Kier molecular flexibility index (Phi) is 4.38. The number of aromatic carboxylic acids is 1. The van der Waals surface area contributed by atoms with Gasteiger partial charge in [0, 0.05) is 16.1 Å². The number of H-pyrrole nitrogens is 1. The minimum Gasteiger partial charge on any atom is -0.478 e. The van der Waals surface area contributed by atoms with Crippen LogP contribution >= 0.6 is 11.6 Å². The van der Waals surface area contributed by atoms with Gasteiger partial charge in [-0.1, -0.05) is 54.9 Å². The number of hydrogen-bond donors (Lipinski definition) is 2. The average molecular weight is 378 g/mol. The fourth-order valence-electron chi connectivity index (χ4n) is 3.08. The second kappa shape index (κ2) is 6.85. The van der Waals surface area contributed by atoms with Crippen molar-refractivity contribution in [1.29, 1.82) is 0 Å². The van der Waals surface area contributed by atoms with Crippen molar-refractivity contribution in [3.63, 3.8) is 0 Å². The van der Waals surface area contributed by atoms with E-state index < -0.39 is 5.97 Å². The van der Waals surface area contributed by atoms with Crippen molar-refractivity contribution in [1.82, 2.24) is 15.2 Å². The summed E-state index contributed by atoms with van der Waals surface area (Å²) in [6.45, 7) is 2.09. The first-order valence-electron chi connectivity index (χ1n) is 8.54. The number of hydrogen-bond acceptors (Lipinski definition) is 3. The van der Waals surface area contributed by atoms with E-state index in [1.54, 1.807) is 30.3 Å². The summed E-state index contributed by atoms with van der Waals surface area (Å²) >= 11 is 5.94. The van der Waals surface area contributed by atoms with Gasteiger partial charge in [-0.25, -0.2) is 9.78 Å². The van der Waals surface area contributed by atoms with Gasteiger partial charge in [-0.3, -0.25) is 5.10 Å². The van der Waals surface area contributed by atoms with E-state index in [0.29, 0.717) is 27.4 Å². The summed E-state index contributed by atoms with van der Waals surface area (Å²) in [5.41, 5.74) is 4.59. The minimum atomic E-state index is -1.02. The van der Waals surface area contributed by atoms with Crippen molar-refractivity contribution in [2.24, 2.45) is 0 Å². The molecule has 0 fully saturated rings.